The topological polar surface area (TPSA) is 79.6 Å². The third kappa shape index (κ3) is 7.18. The molecule has 9 nitrogen and oxygen atoms in total. The number of rotatable bonds is 9. The number of benzene rings is 3. The van der Waals surface area contributed by atoms with Gasteiger partial charge >= 0.3 is 6.18 Å². The van der Waals surface area contributed by atoms with Crippen molar-refractivity contribution in [3.05, 3.63) is 101 Å². The molecule has 248 valence electrons. The zero-order valence-corrected chi connectivity index (χ0v) is 26.8. The largest absolute Gasteiger partial charge is 0.496 e. The zero-order valence-electron chi connectivity index (χ0n) is 26.8. The fourth-order valence-corrected chi connectivity index (χ4v) is 7.10. The quantitative estimate of drug-likeness (QED) is 0.245. The summed E-state index contributed by atoms with van der Waals surface area (Å²) in [5.41, 5.74) is 3.34. The minimum atomic E-state index is -4.71. The minimum Gasteiger partial charge on any atom is -0.496 e. The van der Waals surface area contributed by atoms with E-state index >= 15 is 0 Å². The van der Waals surface area contributed by atoms with Crippen molar-refractivity contribution in [2.45, 2.75) is 51.0 Å². The predicted molar refractivity (Wildman–Crippen MR) is 171 cm³/mol. The summed E-state index contributed by atoms with van der Waals surface area (Å²) in [6.07, 6.45) is -4.20. The van der Waals surface area contributed by atoms with Gasteiger partial charge in [-0.2, -0.15) is 17.9 Å². The van der Waals surface area contributed by atoms with Gasteiger partial charge in [-0.15, -0.1) is 5.10 Å². The average molecular weight is 648 g/mol. The standard InChI is InChI=1S/C35H40F3N7O2/c1-24(2)18-32(46)43-16-17-44-29(22-43)21-42(23-30(44)33(25-10-6-4-7-11-25)26-12-8-5-9-13-26)20-27-19-28(14-15-31(27)47-3)45-34(35(36,37)38)39-40-41-45/h4-15,19,24,29-30,33H,16-18,20-23H2,1-3H3/t29-,30+/m1/s1. The van der Waals surface area contributed by atoms with Gasteiger partial charge in [0.2, 0.25) is 5.91 Å². The Kier molecular flexibility index (Phi) is 9.60. The third-order valence-corrected chi connectivity index (χ3v) is 9.13. The number of ether oxygens (including phenoxy) is 1. The van der Waals surface area contributed by atoms with Gasteiger partial charge in [-0.1, -0.05) is 74.5 Å². The number of halogens is 3. The average Bonchev–Trinajstić information content (AvgIpc) is 3.57. The Morgan fingerprint density at radius 2 is 1.62 bits per heavy atom. The first kappa shape index (κ1) is 32.6. The molecule has 2 aliphatic heterocycles. The number of carbonyl (C=O) groups is 1. The number of piperazine rings is 2. The Morgan fingerprint density at radius 1 is 0.936 bits per heavy atom. The SMILES string of the molecule is COc1ccc(-n2nnnc2C(F)(F)F)cc1CN1C[C@@H]2CN(C(=O)CC(C)C)CCN2[C@H](C(c2ccccc2)c2ccccc2)C1. The van der Waals surface area contributed by atoms with Crippen molar-refractivity contribution in [1.29, 1.82) is 0 Å². The number of fused-ring (bicyclic) bond motifs is 1. The van der Waals surface area contributed by atoms with Crippen LogP contribution in [0.4, 0.5) is 13.2 Å². The summed E-state index contributed by atoms with van der Waals surface area (Å²) in [7, 11) is 1.55. The van der Waals surface area contributed by atoms with Crippen LogP contribution in [0.3, 0.4) is 0 Å². The molecule has 0 N–H and O–H groups in total. The molecule has 2 fully saturated rings. The van der Waals surface area contributed by atoms with Gasteiger partial charge in [0.05, 0.1) is 12.8 Å². The van der Waals surface area contributed by atoms with Crippen molar-refractivity contribution < 1.29 is 22.7 Å². The van der Waals surface area contributed by atoms with Crippen LogP contribution < -0.4 is 4.74 Å². The second-order valence-electron chi connectivity index (χ2n) is 12.8. The highest BCUT2D eigenvalue weighted by Crippen LogP contribution is 2.37. The van der Waals surface area contributed by atoms with E-state index in [1.54, 1.807) is 19.2 Å². The van der Waals surface area contributed by atoms with Crippen molar-refractivity contribution in [2.75, 3.05) is 39.8 Å². The molecule has 0 saturated carbocycles. The maximum atomic E-state index is 13.7. The lowest BCUT2D eigenvalue weighted by atomic mass is 9.81. The molecule has 1 amide bonds. The number of methoxy groups -OCH3 is 1. The lowest BCUT2D eigenvalue weighted by Gasteiger charge is -2.53. The van der Waals surface area contributed by atoms with Gasteiger partial charge in [-0.25, -0.2) is 0 Å². The number of hydrogen-bond donors (Lipinski definition) is 0. The third-order valence-electron chi connectivity index (χ3n) is 9.13. The molecule has 0 unspecified atom stereocenters. The van der Waals surface area contributed by atoms with E-state index in [2.05, 4.69) is 87.7 Å². The molecular weight excluding hydrogens is 607 g/mol. The highest BCUT2D eigenvalue weighted by atomic mass is 19.4. The molecular formula is C35H40F3N7O2. The highest BCUT2D eigenvalue weighted by molar-refractivity contribution is 5.76. The summed E-state index contributed by atoms with van der Waals surface area (Å²) in [5, 5.41) is 10.1. The Labute approximate surface area is 272 Å². The summed E-state index contributed by atoms with van der Waals surface area (Å²) in [4.78, 5) is 20.1. The molecule has 2 saturated heterocycles. The molecule has 0 spiro atoms. The highest BCUT2D eigenvalue weighted by Gasteiger charge is 2.43. The van der Waals surface area contributed by atoms with Crippen molar-refractivity contribution in [1.82, 2.24) is 34.9 Å². The van der Waals surface area contributed by atoms with Crippen molar-refractivity contribution in [2.24, 2.45) is 5.92 Å². The van der Waals surface area contributed by atoms with Crippen LogP contribution in [0.25, 0.3) is 5.69 Å². The predicted octanol–water partition coefficient (Wildman–Crippen LogP) is 5.26. The number of carbonyl (C=O) groups excluding carboxylic acids is 1. The molecule has 0 bridgehead atoms. The number of tetrazole rings is 1. The van der Waals surface area contributed by atoms with Gasteiger partial charge in [0.15, 0.2) is 0 Å². The van der Waals surface area contributed by atoms with E-state index < -0.39 is 12.0 Å². The van der Waals surface area contributed by atoms with E-state index in [-0.39, 0.29) is 35.5 Å². The first-order valence-corrected chi connectivity index (χ1v) is 16.0. The van der Waals surface area contributed by atoms with Crippen LogP contribution in [0.15, 0.2) is 78.9 Å². The molecule has 12 heteroatoms. The Balaban J connectivity index is 1.36. The monoisotopic (exact) mass is 647 g/mol. The van der Waals surface area contributed by atoms with Gasteiger partial charge in [-0.05, 0) is 45.7 Å². The van der Waals surface area contributed by atoms with E-state index in [1.165, 1.54) is 17.2 Å². The molecule has 2 atom stereocenters. The Morgan fingerprint density at radius 3 is 2.23 bits per heavy atom. The number of aromatic nitrogens is 4. The van der Waals surface area contributed by atoms with Gasteiger partial charge in [0, 0.05) is 69.3 Å². The normalized spacial score (nSPS) is 19.3. The van der Waals surface area contributed by atoms with Gasteiger partial charge in [-0.3, -0.25) is 14.6 Å². The van der Waals surface area contributed by atoms with E-state index in [9.17, 15) is 18.0 Å². The Hall–Kier alpha value is -4.29. The van der Waals surface area contributed by atoms with E-state index in [1.807, 2.05) is 17.0 Å². The summed E-state index contributed by atoms with van der Waals surface area (Å²) in [6.45, 7) is 8.00. The first-order valence-electron chi connectivity index (χ1n) is 16.0. The van der Waals surface area contributed by atoms with Crippen LogP contribution in [-0.2, 0) is 17.5 Å². The number of amides is 1. The number of alkyl halides is 3. The lowest BCUT2D eigenvalue weighted by molar-refractivity contribution is -0.146. The molecule has 2 aliphatic rings. The van der Waals surface area contributed by atoms with Crippen LogP contribution >= 0.6 is 0 Å². The van der Waals surface area contributed by atoms with E-state index in [0.29, 0.717) is 49.6 Å². The smallest absolute Gasteiger partial charge is 0.453 e. The maximum Gasteiger partial charge on any atom is 0.453 e. The van der Waals surface area contributed by atoms with Gasteiger partial charge in [0.1, 0.15) is 5.75 Å². The van der Waals surface area contributed by atoms with Crippen LogP contribution in [-0.4, -0.2) is 92.7 Å². The molecule has 4 aromatic rings. The van der Waals surface area contributed by atoms with Crippen LogP contribution in [0.2, 0.25) is 0 Å². The van der Waals surface area contributed by atoms with Crippen molar-refractivity contribution in [3.8, 4) is 11.4 Å². The minimum absolute atomic E-state index is 0.0596. The van der Waals surface area contributed by atoms with Crippen molar-refractivity contribution >= 4 is 5.91 Å². The molecule has 1 aromatic heterocycles. The second-order valence-corrected chi connectivity index (χ2v) is 12.8. The molecule has 0 aliphatic carbocycles. The number of hydrogen-bond acceptors (Lipinski definition) is 7. The maximum absolute atomic E-state index is 13.7. The fraction of sp³-hybridized carbons (Fsp3) is 0.429. The molecule has 6 rings (SSSR count). The summed E-state index contributed by atoms with van der Waals surface area (Å²) >= 11 is 0. The van der Waals surface area contributed by atoms with Gasteiger partial charge < -0.3 is 9.64 Å². The molecule has 3 aromatic carbocycles. The van der Waals surface area contributed by atoms with E-state index in [4.69, 9.17) is 4.74 Å². The van der Waals surface area contributed by atoms with Crippen LogP contribution in [0.5, 0.6) is 5.75 Å². The van der Waals surface area contributed by atoms with Crippen molar-refractivity contribution in [3.63, 3.8) is 0 Å². The fourth-order valence-electron chi connectivity index (χ4n) is 7.10. The second kappa shape index (κ2) is 13.8. The lowest BCUT2D eigenvalue weighted by Crippen LogP contribution is -2.67. The molecule has 3 heterocycles. The molecule has 0 radical (unpaired) electrons. The zero-order chi connectivity index (χ0) is 33.1. The summed E-state index contributed by atoms with van der Waals surface area (Å²) < 4.78 is 47.4. The summed E-state index contributed by atoms with van der Waals surface area (Å²) in [6, 6.07) is 26.0. The van der Waals surface area contributed by atoms with Crippen LogP contribution in [0, 0.1) is 5.92 Å². The van der Waals surface area contributed by atoms with E-state index in [0.717, 1.165) is 12.1 Å². The van der Waals surface area contributed by atoms with Gasteiger partial charge in [0.25, 0.3) is 5.82 Å². The first-order chi connectivity index (χ1) is 22.6. The number of nitrogens with zero attached hydrogens (tertiary/aromatic N) is 7. The molecule has 47 heavy (non-hydrogen) atoms. The summed E-state index contributed by atoms with van der Waals surface area (Å²) in [5.74, 6) is -0.121. The van der Waals surface area contributed by atoms with Crippen LogP contribution in [0.1, 0.15) is 48.7 Å². The Bertz CT molecular complexity index is 1610.